The average molecular weight is 414 g/mol. The van der Waals surface area contributed by atoms with E-state index in [1.807, 2.05) is 31.3 Å². The Morgan fingerprint density at radius 3 is 2.40 bits per heavy atom. The summed E-state index contributed by atoms with van der Waals surface area (Å²) in [4.78, 5) is 7.09. The predicted molar refractivity (Wildman–Crippen MR) is 119 cm³/mol. The summed E-state index contributed by atoms with van der Waals surface area (Å²) >= 11 is 0. The third-order valence-corrected chi connectivity index (χ3v) is 5.71. The maximum Gasteiger partial charge on any atom is 0.193 e. The van der Waals surface area contributed by atoms with Crippen molar-refractivity contribution in [3.8, 4) is 5.75 Å². The molecule has 2 aromatic carbocycles. The lowest BCUT2D eigenvalue weighted by molar-refractivity contribution is 0.0530. The number of ether oxygens (including phenoxy) is 2. The Labute approximate surface area is 178 Å². The van der Waals surface area contributed by atoms with Crippen LogP contribution in [0.4, 0.5) is 4.39 Å². The van der Waals surface area contributed by atoms with Crippen LogP contribution < -0.4 is 10.1 Å². The summed E-state index contributed by atoms with van der Waals surface area (Å²) in [5.74, 6) is 1.49. The molecule has 0 aliphatic carbocycles. The Bertz CT molecular complexity index is 815. The fraction of sp³-hybridized carbons (Fsp3) is 0.458. The number of aliphatic imine (C=N–C) groups is 1. The van der Waals surface area contributed by atoms with Gasteiger partial charge in [0.1, 0.15) is 11.6 Å². The topological polar surface area (TPSA) is 46.1 Å². The molecule has 0 unspecified atom stereocenters. The fourth-order valence-corrected chi connectivity index (χ4v) is 3.88. The van der Waals surface area contributed by atoms with Crippen LogP contribution in [0, 0.1) is 5.82 Å². The van der Waals surface area contributed by atoms with E-state index in [9.17, 15) is 4.39 Å². The first-order valence-electron chi connectivity index (χ1n) is 10.5. The standard InChI is InChI=1S/C24H32FN3O2/c1-4-26-23(28(2)17-19-5-9-21(25)10-6-19)27-18-24(13-15-30-16-14-24)20-7-11-22(29-3)12-8-20/h5-12H,4,13-18H2,1-3H3,(H,26,27). The van der Waals surface area contributed by atoms with E-state index >= 15 is 0 Å². The molecule has 0 saturated carbocycles. The molecule has 30 heavy (non-hydrogen) atoms. The smallest absolute Gasteiger partial charge is 0.193 e. The van der Waals surface area contributed by atoms with Gasteiger partial charge in [0.25, 0.3) is 0 Å². The highest BCUT2D eigenvalue weighted by Crippen LogP contribution is 2.36. The summed E-state index contributed by atoms with van der Waals surface area (Å²) in [6.07, 6.45) is 1.87. The minimum absolute atomic E-state index is 0.0537. The third kappa shape index (κ3) is 5.51. The zero-order valence-electron chi connectivity index (χ0n) is 18.2. The van der Waals surface area contributed by atoms with Gasteiger partial charge in [0.2, 0.25) is 0 Å². The zero-order valence-corrected chi connectivity index (χ0v) is 18.2. The van der Waals surface area contributed by atoms with Gasteiger partial charge in [-0.05, 0) is 55.2 Å². The number of nitrogens with one attached hydrogen (secondary N) is 1. The molecule has 3 rings (SSSR count). The van der Waals surface area contributed by atoms with Crippen LogP contribution in [-0.2, 0) is 16.7 Å². The molecule has 1 aliphatic heterocycles. The number of benzene rings is 2. The molecule has 0 aromatic heterocycles. The minimum atomic E-state index is -0.220. The number of methoxy groups -OCH3 is 1. The largest absolute Gasteiger partial charge is 0.497 e. The van der Waals surface area contributed by atoms with Crippen LogP contribution in [-0.4, -0.2) is 51.3 Å². The summed E-state index contributed by atoms with van der Waals surface area (Å²) in [5.41, 5.74) is 2.26. The van der Waals surface area contributed by atoms with E-state index in [2.05, 4.69) is 29.3 Å². The lowest BCUT2D eigenvalue weighted by atomic mass is 9.74. The fourth-order valence-electron chi connectivity index (χ4n) is 3.88. The van der Waals surface area contributed by atoms with E-state index in [1.54, 1.807) is 7.11 Å². The van der Waals surface area contributed by atoms with E-state index in [0.717, 1.165) is 49.9 Å². The van der Waals surface area contributed by atoms with Crippen molar-refractivity contribution in [2.24, 2.45) is 4.99 Å². The molecule has 0 spiro atoms. The summed E-state index contributed by atoms with van der Waals surface area (Å²) in [6, 6.07) is 14.9. The second kappa shape index (κ2) is 10.4. The molecular weight excluding hydrogens is 381 g/mol. The summed E-state index contributed by atoms with van der Waals surface area (Å²) in [7, 11) is 3.69. The molecule has 1 N–H and O–H groups in total. The Kier molecular flexibility index (Phi) is 7.69. The van der Waals surface area contributed by atoms with E-state index in [0.29, 0.717) is 13.1 Å². The molecule has 162 valence electrons. The second-order valence-electron chi connectivity index (χ2n) is 7.77. The van der Waals surface area contributed by atoms with Crippen LogP contribution in [0.25, 0.3) is 0 Å². The molecule has 2 aromatic rings. The van der Waals surface area contributed by atoms with Gasteiger partial charge in [-0.15, -0.1) is 0 Å². The van der Waals surface area contributed by atoms with E-state index in [-0.39, 0.29) is 11.2 Å². The average Bonchev–Trinajstić information content (AvgIpc) is 2.79. The highest BCUT2D eigenvalue weighted by atomic mass is 19.1. The van der Waals surface area contributed by atoms with Gasteiger partial charge < -0.3 is 19.7 Å². The first kappa shape index (κ1) is 22.1. The lowest BCUT2D eigenvalue weighted by Crippen LogP contribution is -2.41. The van der Waals surface area contributed by atoms with Gasteiger partial charge >= 0.3 is 0 Å². The zero-order chi connectivity index (χ0) is 21.4. The van der Waals surface area contributed by atoms with E-state index < -0.39 is 0 Å². The molecule has 0 atom stereocenters. The Morgan fingerprint density at radius 2 is 1.80 bits per heavy atom. The highest BCUT2D eigenvalue weighted by Gasteiger charge is 2.34. The summed E-state index contributed by atoms with van der Waals surface area (Å²) in [5, 5.41) is 3.39. The lowest BCUT2D eigenvalue weighted by Gasteiger charge is -2.37. The highest BCUT2D eigenvalue weighted by molar-refractivity contribution is 5.79. The van der Waals surface area contributed by atoms with Crippen molar-refractivity contribution >= 4 is 5.96 Å². The van der Waals surface area contributed by atoms with Crippen molar-refractivity contribution < 1.29 is 13.9 Å². The number of rotatable bonds is 7. The van der Waals surface area contributed by atoms with Crippen molar-refractivity contribution in [1.82, 2.24) is 10.2 Å². The number of nitrogens with zero attached hydrogens (tertiary/aromatic N) is 2. The molecular formula is C24H32FN3O2. The number of hydrogen-bond donors (Lipinski definition) is 1. The summed E-state index contributed by atoms with van der Waals surface area (Å²) in [6.45, 7) is 5.66. The molecule has 0 bridgehead atoms. The monoisotopic (exact) mass is 413 g/mol. The van der Waals surface area contributed by atoms with E-state index in [1.165, 1.54) is 17.7 Å². The van der Waals surface area contributed by atoms with Crippen LogP contribution in [0.3, 0.4) is 0 Å². The van der Waals surface area contributed by atoms with Crippen molar-refractivity contribution in [3.05, 3.63) is 65.5 Å². The predicted octanol–water partition coefficient (Wildman–Crippen LogP) is 3.98. The van der Waals surface area contributed by atoms with Crippen molar-refractivity contribution in [2.75, 3.05) is 40.5 Å². The van der Waals surface area contributed by atoms with E-state index in [4.69, 9.17) is 14.5 Å². The first-order chi connectivity index (χ1) is 14.6. The molecule has 1 heterocycles. The minimum Gasteiger partial charge on any atom is -0.497 e. The number of halogens is 1. The van der Waals surface area contributed by atoms with Gasteiger partial charge in [-0.25, -0.2) is 4.39 Å². The molecule has 6 heteroatoms. The Morgan fingerprint density at radius 1 is 1.13 bits per heavy atom. The van der Waals surface area contributed by atoms with Crippen molar-refractivity contribution in [3.63, 3.8) is 0 Å². The van der Waals surface area contributed by atoms with Gasteiger partial charge in [-0.3, -0.25) is 4.99 Å². The van der Waals surface area contributed by atoms with Gasteiger partial charge in [0.15, 0.2) is 5.96 Å². The van der Waals surface area contributed by atoms with Crippen molar-refractivity contribution in [1.29, 1.82) is 0 Å². The van der Waals surface area contributed by atoms with Gasteiger partial charge in [-0.1, -0.05) is 24.3 Å². The maximum atomic E-state index is 13.2. The Balaban J connectivity index is 1.80. The molecule has 1 fully saturated rings. The van der Waals surface area contributed by atoms with Crippen LogP contribution in [0.5, 0.6) is 5.75 Å². The molecule has 0 amide bonds. The normalized spacial score (nSPS) is 16.2. The third-order valence-electron chi connectivity index (χ3n) is 5.71. The number of hydrogen-bond acceptors (Lipinski definition) is 3. The van der Waals surface area contributed by atoms with Gasteiger partial charge in [0.05, 0.1) is 13.7 Å². The molecule has 0 radical (unpaired) electrons. The van der Waals surface area contributed by atoms with Gasteiger partial charge in [-0.2, -0.15) is 0 Å². The van der Waals surface area contributed by atoms with Crippen LogP contribution in [0.15, 0.2) is 53.5 Å². The van der Waals surface area contributed by atoms with Crippen LogP contribution >= 0.6 is 0 Å². The van der Waals surface area contributed by atoms with Crippen LogP contribution in [0.1, 0.15) is 30.9 Å². The Hall–Kier alpha value is -2.60. The first-order valence-corrected chi connectivity index (χ1v) is 10.5. The second-order valence-corrected chi connectivity index (χ2v) is 7.77. The summed E-state index contributed by atoms with van der Waals surface area (Å²) < 4.78 is 24.2. The molecule has 1 saturated heterocycles. The maximum absolute atomic E-state index is 13.2. The SMILES string of the molecule is CCNC(=NCC1(c2ccc(OC)cc2)CCOCC1)N(C)Cc1ccc(F)cc1. The van der Waals surface area contributed by atoms with Crippen molar-refractivity contribution in [2.45, 2.75) is 31.7 Å². The quantitative estimate of drug-likeness (QED) is 0.551. The van der Waals surface area contributed by atoms with Crippen LogP contribution in [0.2, 0.25) is 0 Å². The molecule has 1 aliphatic rings. The molecule has 5 nitrogen and oxygen atoms in total. The van der Waals surface area contributed by atoms with Gasteiger partial charge in [0, 0.05) is 38.8 Å². The number of guanidine groups is 1.